The number of carbonyl (C=O) groups is 3. The first kappa shape index (κ1) is 19.3. The Kier molecular flexibility index (Phi) is 5.71. The third kappa shape index (κ3) is 4.38. The van der Waals surface area contributed by atoms with Crippen molar-refractivity contribution in [1.29, 1.82) is 0 Å². The molecule has 6 nitrogen and oxygen atoms in total. The number of benzene rings is 2. The average Bonchev–Trinajstić information content (AvgIpc) is 3.14. The molecule has 29 heavy (non-hydrogen) atoms. The fourth-order valence-electron chi connectivity index (χ4n) is 3.92. The van der Waals surface area contributed by atoms with Crippen molar-refractivity contribution in [2.75, 3.05) is 32.8 Å². The molecule has 6 heteroatoms. The van der Waals surface area contributed by atoms with E-state index >= 15 is 0 Å². The molecule has 2 aliphatic rings. The summed E-state index contributed by atoms with van der Waals surface area (Å²) >= 11 is 0. The van der Waals surface area contributed by atoms with Crippen LogP contribution >= 0.6 is 0 Å². The van der Waals surface area contributed by atoms with Crippen molar-refractivity contribution in [3.63, 3.8) is 0 Å². The van der Waals surface area contributed by atoms with Gasteiger partial charge in [-0.15, -0.1) is 0 Å². The van der Waals surface area contributed by atoms with Crippen LogP contribution in [-0.2, 0) is 14.3 Å². The van der Waals surface area contributed by atoms with Crippen LogP contribution in [0.25, 0.3) is 11.1 Å². The van der Waals surface area contributed by atoms with E-state index in [-0.39, 0.29) is 43.0 Å². The van der Waals surface area contributed by atoms with Crippen molar-refractivity contribution in [3.05, 3.63) is 60.2 Å². The molecule has 0 N–H and O–H groups in total. The van der Waals surface area contributed by atoms with Gasteiger partial charge in [0.15, 0.2) is 5.78 Å². The van der Waals surface area contributed by atoms with E-state index in [1.165, 1.54) is 0 Å². The second-order valence-electron chi connectivity index (χ2n) is 7.47. The van der Waals surface area contributed by atoms with Crippen LogP contribution in [0.5, 0.6) is 0 Å². The SMILES string of the molecule is O=C1C[C@@H](CC(=O)N2CCOCC2)N(C(=O)c2ccc(-c3ccccc3)cc2)C1. The zero-order valence-corrected chi connectivity index (χ0v) is 16.3. The Labute approximate surface area is 170 Å². The van der Waals surface area contributed by atoms with Gasteiger partial charge in [0.05, 0.1) is 19.8 Å². The molecule has 0 spiro atoms. The van der Waals surface area contributed by atoms with E-state index in [2.05, 4.69) is 0 Å². The van der Waals surface area contributed by atoms with Crippen molar-refractivity contribution in [2.45, 2.75) is 18.9 Å². The smallest absolute Gasteiger partial charge is 0.254 e. The Morgan fingerprint density at radius 3 is 2.28 bits per heavy atom. The molecule has 0 radical (unpaired) electrons. The third-order valence-corrected chi connectivity index (χ3v) is 5.52. The topological polar surface area (TPSA) is 66.9 Å². The highest BCUT2D eigenvalue weighted by molar-refractivity contribution is 6.00. The Morgan fingerprint density at radius 1 is 0.931 bits per heavy atom. The summed E-state index contributed by atoms with van der Waals surface area (Å²) in [6.07, 6.45) is 0.420. The summed E-state index contributed by atoms with van der Waals surface area (Å²) < 4.78 is 5.28. The summed E-state index contributed by atoms with van der Waals surface area (Å²) in [6, 6.07) is 17.0. The van der Waals surface area contributed by atoms with Gasteiger partial charge in [0.2, 0.25) is 5.91 Å². The van der Waals surface area contributed by atoms with Gasteiger partial charge < -0.3 is 14.5 Å². The summed E-state index contributed by atoms with van der Waals surface area (Å²) in [4.78, 5) is 41.0. The monoisotopic (exact) mass is 392 g/mol. The van der Waals surface area contributed by atoms with E-state index < -0.39 is 0 Å². The summed E-state index contributed by atoms with van der Waals surface area (Å²) in [6.45, 7) is 2.26. The van der Waals surface area contributed by atoms with Crippen LogP contribution in [-0.4, -0.2) is 66.3 Å². The summed E-state index contributed by atoms with van der Waals surface area (Å²) in [5, 5.41) is 0. The lowest BCUT2D eigenvalue weighted by Gasteiger charge is -2.30. The first-order chi connectivity index (χ1) is 14.1. The normalized spacial score (nSPS) is 19.4. The van der Waals surface area contributed by atoms with Gasteiger partial charge in [0.1, 0.15) is 0 Å². The van der Waals surface area contributed by atoms with Gasteiger partial charge in [-0.3, -0.25) is 14.4 Å². The lowest BCUT2D eigenvalue weighted by molar-refractivity contribution is -0.136. The average molecular weight is 392 g/mol. The van der Waals surface area contributed by atoms with Crippen molar-refractivity contribution in [2.24, 2.45) is 0 Å². The lowest BCUT2D eigenvalue weighted by Crippen LogP contribution is -2.44. The molecule has 4 rings (SSSR count). The minimum atomic E-state index is -0.376. The minimum Gasteiger partial charge on any atom is -0.378 e. The number of ether oxygens (including phenoxy) is 1. The van der Waals surface area contributed by atoms with Gasteiger partial charge in [0, 0.05) is 37.5 Å². The molecule has 2 fully saturated rings. The number of carbonyl (C=O) groups excluding carboxylic acids is 3. The fourth-order valence-corrected chi connectivity index (χ4v) is 3.92. The lowest BCUT2D eigenvalue weighted by atomic mass is 10.0. The van der Waals surface area contributed by atoms with Crippen LogP contribution in [0.4, 0.5) is 0 Å². The predicted octanol–water partition coefficient (Wildman–Crippen LogP) is 2.39. The van der Waals surface area contributed by atoms with Crippen LogP contribution in [0.1, 0.15) is 23.2 Å². The molecule has 2 heterocycles. The summed E-state index contributed by atoms with van der Waals surface area (Å²) in [7, 11) is 0. The van der Waals surface area contributed by atoms with E-state index in [0.29, 0.717) is 31.9 Å². The first-order valence-electron chi connectivity index (χ1n) is 9.95. The number of Topliss-reactive ketones (excluding diaryl/α,β-unsaturated/α-hetero) is 1. The molecule has 2 saturated heterocycles. The van der Waals surface area contributed by atoms with Crippen molar-refractivity contribution >= 4 is 17.6 Å². The largest absolute Gasteiger partial charge is 0.378 e. The third-order valence-electron chi connectivity index (χ3n) is 5.52. The second-order valence-corrected chi connectivity index (χ2v) is 7.47. The highest BCUT2D eigenvalue weighted by Crippen LogP contribution is 2.24. The molecule has 0 bridgehead atoms. The number of rotatable bonds is 4. The molecular formula is C23H24N2O4. The first-order valence-corrected chi connectivity index (χ1v) is 9.95. The summed E-state index contributed by atoms with van der Waals surface area (Å²) in [5.41, 5.74) is 2.64. The van der Waals surface area contributed by atoms with Gasteiger partial charge >= 0.3 is 0 Å². The molecule has 0 aliphatic carbocycles. The number of hydrogen-bond donors (Lipinski definition) is 0. The quantitative estimate of drug-likeness (QED) is 0.801. The van der Waals surface area contributed by atoms with Crippen molar-refractivity contribution < 1.29 is 19.1 Å². The van der Waals surface area contributed by atoms with Gasteiger partial charge in [-0.1, -0.05) is 42.5 Å². The fraction of sp³-hybridized carbons (Fsp3) is 0.348. The zero-order valence-electron chi connectivity index (χ0n) is 16.3. The number of amides is 2. The van der Waals surface area contributed by atoms with Crippen molar-refractivity contribution in [3.8, 4) is 11.1 Å². The maximum atomic E-state index is 13.0. The molecule has 2 aromatic rings. The number of likely N-dealkylation sites (tertiary alicyclic amines) is 1. The maximum absolute atomic E-state index is 13.0. The Hall–Kier alpha value is -2.99. The van der Waals surface area contributed by atoms with E-state index in [0.717, 1.165) is 11.1 Å². The van der Waals surface area contributed by atoms with Crippen LogP contribution in [0.2, 0.25) is 0 Å². The highest BCUT2D eigenvalue weighted by Gasteiger charge is 2.36. The minimum absolute atomic E-state index is 0.000895. The van der Waals surface area contributed by atoms with E-state index in [9.17, 15) is 14.4 Å². The molecule has 1 atom stereocenters. The Bertz CT molecular complexity index is 889. The summed E-state index contributed by atoms with van der Waals surface area (Å²) in [5.74, 6) is -0.223. The van der Waals surface area contributed by atoms with Crippen LogP contribution < -0.4 is 0 Å². The molecule has 0 saturated carbocycles. The number of hydrogen-bond acceptors (Lipinski definition) is 4. The number of ketones is 1. The van der Waals surface area contributed by atoms with E-state index in [4.69, 9.17) is 4.74 Å². The second kappa shape index (κ2) is 8.57. The molecule has 2 amide bonds. The molecule has 2 aromatic carbocycles. The maximum Gasteiger partial charge on any atom is 0.254 e. The zero-order chi connectivity index (χ0) is 20.2. The standard InChI is InChI=1S/C23H24N2O4/c26-21-14-20(15-22(27)24-10-12-29-13-11-24)25(16-21)23(28)19-8-6-18(7-9-19)17-4-2-1-3-5-17/h1-9,20H,10-16H2/t20-/m0/s1. The Balaban J connectivity index is 1.46. The van der Waals surface area contributed by atoms with Gasteiger partial charge in [-0.2, -0.15) is 0 Å². The van der Waals surface area contributed by atoms with Crippen LogP contribution in [0.3, 0.4) is 0 Å². The molecule has 2 aliphatic heterocycles. The van der Waals surface area contributed by atoms with Gasteiger partial charge in [0.25, 0.3) is 5.91 Å². The van der Waals surface area contributed by atoms with Gasteiger partial charge in [-0.05, 0) is 23.3 Å². The van der Waals surface area contributed by atoms with Crippen LogP contribution in [0, 0.1) is 0 Å². The van der Waals surface area contributed by atoms with Crippen molar-refractivity contribution in [1.82, 2.24) is 9.80 Å². The van der Waals surface area contributed by atoms with Gasteiger partial charge in [-0.25, -0.2) is 0 Å². The van der Waals surface area contributed by atoms with E-state index in [1.807, 2.05) is 42.5 Å². The van der Waals surface area contributed by atoms with E-state index in [1.54, 1.807) is 21.9 Å². The molecule has 0 aromatic heterocycles. The molecule has 0 unspecified atom stereocenters. The Morgan fingerprint density at radius 2 is 1.59 bits per heavy atom. The molecule has 150 valence electrons. The predicted molar refractivity (Wildman–Crippen MR) is 108 cm³/mol. The van der Waals surface area contributed by atoms with Crippen LogP contribution in [0.15, 0.2) is 54.6 Å². The molecular weight excluding hydrogens is 368 g/mol. The highest BCUT2D eigenvalue weighted by atomic mass is 16.5. The number of nitrogens with zero attached hydrogens (tertiary/aromatic N) is 2. The number of morpholine rings is 1.